The van der Waals surface area contributed by atoms with Crippen LogP contribution in [0.15, 0.2) is 20.2 Å². The van der Waals surface area contributed by atoms with Gasteiger partial charge in [0.15, 0.2) is 11.5 Å². The lowest BCUT2D eigenvalue weighted by Crippen LogP contribution is -2.24. The quantitative estimate of drug-likeness (QED) is 0.745. The molecule has 7 heteroatoms. The van der Waals surface area contributed by atoms with Crippen LogP contribution in [0.4, 0.5) is 0 Å². The van der Waals surface area contributed by atoms with Gasteiger partial charge < -0.3 is 14.7 Å². The number of aromatic nitrogens is 1. The molecule has 0 saturated carbocycles. The van der Waals surface area contributed by atoms with Crippen molar-refractivity contribution in [2.24, 2.45) is 0 Å². The Morgan fingerprint density at radius 3 is 2.65 bits per heavy atom. The molecule has 2 rings (SSSR count). The fourth-order valence-corrected chi connectivity index (χ4v) is 1.80. The fourth-order valence-electron chi connectivity index (χ4n) is 1.52. The predicted molar refractivity (Wildman–Crippen MR) is 60.8 cm³/mol. The number of fused-ring (bicyclic) bond motifs is 1. The van der Waals surface area contributed by atoms with Crippen LogP contribution in [0.2, 0.25) is 5.02 Å². The van der Waals surface area contributed by atoms with Gasteiger partial charge in [0.2, 0.25) is 0 Å². The summed E-state index contributed by atoms with van der Waals surface area (Å²) in [6.07, 6.45) is 0. The summed E-state index contributed by atoms with van der Waals surface area (Å²) in [6, 6.07) is 0.948. The third-order valence-electron chi connectivity index (χ3n) is 2.36. The van der Waals surface area contributed by atoms with Gasteiger partial charge in [0.25, 0.3) is 5.56 Å². The van der Waals surface area contributed by atoms with E-state index in [1.54, 1.807) is 6.92 Å². The number of benzene rings is 1. The highest BCUT2D eigenvalue weighted by Gasteiger charge is 2.18. The third-order valence-corrected chi connectivity index (χ3v) is 2.73. The minimum Gasteiger partial charge on any atom is -0.504 e. The first-order valence-electron chi connectivity index (χ1n) is 4.76. The van der Waals surface area contributed by atoms with Crippen LogP contribution in [0.25, 0.3) is 10.8 Å². The van der Waals surface area contributed by atoms with Crippen molar-refractivity contribution in [3.8, 4) is 11.5 Å². The Bertz CT molecular complexity index is 715. The molecule has 1 aromatic carbocycles. The van der Waals surface area contributed by atoms with Crippen molar-refractivity contribution in [2.75, 3.05) is 0 Å². The summed E-state index contributed by atoms with van der Waals surface area (Å²) in [5, 5.41) is 18.0. The molecule has 0 saturated heterocycles. The number of hydrogen-bond acceptors (Lipinski definition) is 5. The summed E-state index contributed by atoms with van der Waals surface area (Å²) >= 11 is 5.73. The summed E-state index contributed by atoms with van der Waals surface area (Å²) in [4.78, 5) is 23.4. The maximum Gasteiger partial charge on any atom is 0.364 e. The third kappa shape index (κ3) is 1.57. The lowest BCUT2D eigenvalue weighted by atomic mass is 10.2. The highest BCUT2D eigenvalue weighted by Crippen LogP contribution is 2.36. The molecule has 0 atom stereocenters. The topological polar surface area (TPSA) is 92.7 Å². The minimum absolute atomic E-state index is 0.155. The lowest BCUT2D eigenvalue weighted by Gasteiger charge is -2.06. The largest absolute Gasteiger partial charge is 0.504 e. The van der Waals surface area contributed by atoms with Crippen molar-refractivity contribution in [1.29, 1.82) is 0 Å². The van der Waals surface area contributed by atoms with E-state index in [1.165, 1.54) is 0 Å². The Balaban J connectivity index is 3.13. The van der Waals surface area contributed by atoms with Crippen LogP contribution in [0.3, 0.4) is 0 Å². The molecule has 0 bridgehead atoms. The van der Waals surface area contributed by atoms with Crippen molar-refractivity contribution in [3.63, 3.8) is 0 Å². The van der Waals surface area contributed by atoms with Crippen LogP contribution < -0.4 is 11.2 Å². The van der Waals surface area contributed by atoms with E-state index in [-0.39, 0.29) is 22.3 Å². The highest BCUT2D eigenvalue weighted by atomic mass is 35.5. The van der Waals surface area contributed by atoms with Crippen LogP contribution in [0.5, 0.6) is 11.5 Å². The molecule has 0 fully saturated rings. The molecule has 2 aromatic rings. The van der Waals surface area contributed by atoms with Crippen LogP contribution in [-0.2, 0) is 6.54 Å². The molecule has 0 aliphatic heterocycles. The first-order valence-corrected chi connectivity index (χ1v) is 5.13. The molecule has 0 spiro atoms. The average Bonchev–Trinajstić information content (AvgIpc) is 2.30. The van der Waals surface area contributed by atoms with Crippen molar-refractivity contribution in [1.82, 2.24) is 4.74 Å². The molecule has 0 radical (unpaired) electrons. The van der Waals surface area contributed by atoms with E-state index in [4.69, 9.17) is 16.1 Å². The number of aryl methyl sites for hydroxylation is 1. The molecular weight excluding hydrogens is 250 g/mol. The molecule has 0 aliphatic rings. The summed E-state index contributed by atoms with van der Waals surface area (Å²) in [5.41, 5.74) is -1.44. The standard InChI is InChI=1S/C10H8ClNO5/c1-2-12-9(15)6-4(10(16)17-12)3-5(13)8(14)7(6)11/h3,13-14H,2H2,1H3. The zero-order valence-corrected chi connectivity index (χ0v) is 9.48. The van der Waals surface area contributed by atoms with Crippen LogP contribution in [-0.4, -0.2) is 15.0 Å². The molecule has 0 unspecified atom stereocenters. The molecule has 6 nitrogen and oxygen atoms in total. The van der Waals surface area contributed by atoms with Gasteiger partial charge in [-0.1, -0.05) is 11.6 Å². The zero-order valence-electron chi connectivity index (χ0n) is 8.73. The van der Waals surface area contributed by atoms with Crippen LogP contribution >= 0.6 is 11.6 Å². The second-order valence-electron chi connectivity index (χ2n) is 3.36. The van der Waals surface area contributed by atoms with Crippen molar-refractivity contribution in [3.05, 3.63) is 31.9 Å². The maximum atomic E-state index is 11.8. The maximum absolute atomic E-state index is 11.8. The number of rotatable bonds is 1. The summed E-state index contributed by atoms with van der Waals surface area (Å²) < 4.78 is 5.54. The first-order chi connectivity index (χ1) is 7.97. The van der Waals surface area contributed by atoms with Crippen LogP contribution in [0, 0.1) is 0 Å². The van der Waals surface area contributed by atoms with E-state index in [1.807, 2.05) is 0 Å². The van der Waals surface area contributed by atoms with E-state index in [2.05, 4.69) is 0 Å². The van der Waals surface area contributed by atoms with E-state index in [0.29, 0.717) is 0 Å². The molecular formula is C10H8ClNO5. The first kappa shape index (κ1) is 11.5. The number of phenols is 2. The molecule has 1 aromatic heterocycles. The Kier molecular flexibility index (Phi) is 2.59. The lowest BCUT2D eigenvalue weighted by molar-refractivity contribution is 0.236. The minimum atomic E-state index is -0.807. The molecule has 90 valence electrons. The van der Waals surface area contributed by atoms with Gasteiger partial charge in [-0.25, -0.2) is 4.79 Å². The summed E-state index contributed by atoms with van der Waals surface area (Å²) in [5.74, 6) is -1.21. The van der Waals surface area contributed by atoms with Gasteiger partial charge in [-0.05, 0) is 13.0 Å². The van der Waals surface area contributed by atoms with E-state index >= 15 is 0 Å². The Labute approximate surface area is 99.2 Å². The Morgan fingerprint density at radius 1 is 1.41 bits per heavy atom. The number of phenolic OH excluding ortho intramolecular Hbond substituents is 2. The molecule has 1 heterocycles. The van der Waals surface area contributed by atoms with Gasteiger partial charge >= 0.3 is 5.63 Å². The Morgan fingerprint density at radius 2 is 2.06 bits per heavy atom. The van der Waals surface area contributed by atoms with Gasteiger partial charge in [-0.3, -0.25) is 4.79 Å². The van der Waals surface area contributed by atoms with Gasteiger partial charge in [0.05, 0.1) is 22.3 Å². The number of nitrogens with zero attached hydrogens (tertiary/aromatic N) is 1. The second-order valence-corrected chi connectivity index (χ2v) is 3.74. The van der Waals surface area contributed by atoms with E-state index < -0.39 is 22.7 Å². The zero-order chi connectivity index (χ0) is 12.7. The predicted octanol–water partition coefficient (Wildman–Crippen LogP) is 1.04. The number of aromatic hydroxyl groups is 2. The number of halogens is 1. The van der Waals surface area contributed by atoms with Crippen molar-refractivity contribution >= 4 is 22.4 Å². The molecule has 0 aliphatic carbocycles. The summed E-state index contributed by atoms with van der Waals surface area (Å²) in [7, 11) is 0. The highest BCUT2D eigenvalue weighted by molar-refractivity contribution is 6.37. The fraction of sp³-hybridized carbons (Fsp3) is 0.200. The smallest absolute Gasteiger partial charge is 0.364 e. The van der Waals surface area contributed by atoms with Crippen molar-refractivity contribution in [2.45, 2.75) is 13.5 Å². The molecule has 0 amide bonds. The normalized spacial score (nSPS) is 10.9. The SMILES string of the molecule is CCn1oc(=O)c2cc(O)c(O)c(Cl)c2c1=O. The Hall–Kier alpha value is -1.95. The van der Waals surface area contributed by atoms with Gasteiger partial charge in [-0.15, -0.1) is 0 Å². The van der Waals surface area contributed by atoms with Crippen LogP contribution in [0.1, 0.15) is 6.92 Å². The van der Waals surface area contributed by atoms with E-state index in [0.717, 1.165) is 10.8 Å². The second kappa shape index (κ2) is 3.81. The van der Waals surface area contributed by atoms with Gasteiger partial charge in [-0.2, -0.15) is 4.74 Å². The molecule has 17 heavy (non-hydrogen) atoms. The monoisotopic (exact) mass is 257 g/mol. The van der Waals surface area contributed by atoms with Crippen molar-refractivity contribution < 1.29 is 14.7 Å². The average molecular weight is 258 g/mol. The van der Waals surface area contributed by atoms with E-state index in [9.17, 15) is 19.8 Å². The molecule has 2 N–H and O–H groups in total. The van der Waals surface area contributed by atoms with Gasteiger partial charge in [0, 0.05) is 0 Å². The van der Waals surface area contributed by atoms with Gasteiger partial charge in [0.1, 0.15) is 0 Å². The number of hydrogen-bond donors (Lipinski definition) is 2. The summed E-state index contributed by atoms with van der Waals surface area (Å²) in [6.45, 7) is 1.77.